The lowest BCUT2D eigenvalue weighted by Gasteiger charge is -2.15. The number of ether oxygens (including phenoxy) is 2. The molecule has 5 heteroatoms. The summed E-state index contributed by atoms with van der Waals surface area (Å²) in [5.74, 6) is -0.562. The predicted molar refractivity (Wildman–Crippen MR) is 349 cm³/mol. The number of aliphatic hydroxyl groups excluding tert-OH is 1. The molecule has 0 bridgehead atoms. The Morgan fingerprint density at radius 3 is 0.684 bits per heavy atom. The molecule has 0 aromatic carbocycles. The van der Waals surface area contributed by atoms with Gasteiger partial charge in [0.05, 0.1) is 6.61 Å². The lowest BCUT2D eigenvalue weighted by Crippen LogP contribution is -2.28. The fourth-order valence-corrected chi connectivity index (χ4v) is 11.8. The second-order valence-electron chi connectivity index (χ2n) is 25.4. The summed E-state index contributed by atoms with van der Waals surface area (Å²) in [6.45, 7) is 4.22. The molecule has 1 N–H and O–H groups in total. The minimum Gasteiger partial charge on any atom is -0.462 e. The van der Waals surface area contributed by atoms with Crippen LogP contribution in [0.2, 0.25) is 0 Å². The maximum atomic E-state index is 12.4. The molecule has 5 nitrogen and oxygen atoms in total. The van der Waals surface area contributed by atoms with E-state index in [1.165, 1.54) is 372 Å². The van der Waals surface area contributed by atoms with E-state index in [-0.39, 0.29) is 25.2 Å². The van der Waals surface area contributed by atoms with Crippen LogP contribution < -0.4 is 0 Å². The Morgan fingerprint density at radius 1 is 0.278 bits per heavy atom. The smallest absolute Gasteiger partial charge is 0.306 e. The summed E-state index contributed by atoms with van der Waals surface area (Å²) in [7, 11) is 0. The third-order valence-electron chi connectivity index (χ3n) is 17.3. The highest BCUT2D eigenvalue weighted by atomic mass is 16.6. The SMILES string of the molecule is CCCCCCCCCC/C=C\CCCCCCCCCCCCCCCCCC(=O)OC(CO)COC(=O)CCCCCCCCCCCCCCCCCCCCCCCCCCCCCCCCCCCCCCCC. The van der Waals surface area contributed by atoms with Gasteiger partial charge in [0.15, 0.2) is 6.10 Å². The van der Waals surface area contributed by atoms with Gasteiger partial charge < -0.3 is 14.6 Å². The van der Waals surface area contributed by atoms with Crippen LogP contribution in [0.15, 0.2) is 12.2 Å². The molecule has 0 aliphatic heterocycles. The molecular formula is C74H144O5. The molecule has 470 valence electrons. The van der Waals surface area contributed by atoms with Gasteiger partial charge in [0.2, 0.25) is 0 Å². The molecule has 0 aliphatic carbocycles. The van der Waals surface area contributed by atoms with Gasteiger partial charge in [0.25, 0.3) is 0 Å². The molecule has 79 heavy (non-hydrogen) atoms. The highest BCUT2D eigenvalue weighted by molar-refractivity contribution is 5.70. The number of hydrogen-bond donors (Lipinski definition) is 1. The van der Waals surface area contributed by atoms with E-state index in [0.717, 1.165) is 32.1 Å². The molecule has 0 fully saturated rings. The first-order chi connectivity index (χ1) is 39.1. The second kappa shape index (κ2) is 70.9. The van der Waals surface area contributed by atoms with Gasteiger partial charge in [-0.05, 0) is 38.5 Å². The third kappa shape index (κ3) is 69.0. The minimum absolute atomic E-state index is 0.0572. The van der Waals surface area contributed by atoms with E-state index in [4.69, 9.17) is 9.47 Å². The Hall–Kier alpha value is -1.36. The molecule has 1 unspecified atom stereocenters. The second-order valence-corrected chi connectivity index (χ2v) is 25.4. The largest absolute Gasteiger partial charge is 0.462 e. The average Bonchev–Trinajstić information content (AvgIpc) is 3.45. The fraction of sp³-hybridized carbons (Fsp3) is 0.946. The van der Waals surface area contributed by atoms with Crippen LogP contribution in [-0.4, -0.2) is 36.4 Å². The summed E-state index contributed by atoms with van der Waals surface area (Å²) in [5.41, 5.74) is 0. The van der Waals surface area contributed by atoms with Gasteiger partial charge in [-0.3, -0.25) is 9.59 Å². The summed E-state index contributed by atoms with van der Waals surface area (Å²) >= 11 is 0. The van der Waals surface area contributed by atoms with Gasteiger partial charge in [0, 0.05) is 12.8 Å². The van der Waals surface area contributed by atoms with Crippen LogP contribution in [0.5, 0.6) is 0 Å². The van der Waals surface area contributed by atoms with E-state index in [0.29, 0.717) is 12.8 Å². The van der Waals surface area contributed by atoms with Crippen LogP contribution in [0, 0.1) is 0 Å². The summed E-state index contributed by atoms with van der Waals surface area (Å²) in [6, 6.07) is 0. The van der Waals surface area contributed by atoms with E-state index in [9.17, 15) is 14.7 Å². The van der Waals surface area contributed by atoms with E-state index in [1.807, 2.05) is 0 Å². The van der Waals surface area contributed by atoms with Gasteiger partial charge in [-0.1, -0.05) is 392 Å². The summed E-state index contributed by atoms with van der Waals surface area (Å²) in [6.07, 6.45) is 91.4. The number of allylic oxidation sites excluding steroid dienone is 2. The van der Waals surface area contributed by atoms with Crippen molar-refractivity contribution in [3.8, 4) is 0 Å². The van der Waals surface area contributed by atoms with Gasteiger partial charge in [-0.15, -0.1) is 0 Å². The van der Waals surface area contributed by atoms with E-state index in [2.05, 4.69) is 26.0 Å². The molecular weight excluding hydrogens is 969 g/mol. The number of carbonyl (C=O) groups excluding carboxylic acids is 2. The zero-order valence-corrected chi connectivity index (χ0v) is 54.2. The number of rotatable bonds is 70. The molecule has 0 rings (SSSR count). The van der Waals surface area contributed by atoms with Crippen molar-refractivity contribution in [1.82, 2.24) is 0 Å². The first-order valence-electron chi connectivity index (χ1n) is 36.7. The molecule has 0 amide bonds. The van der Waals surface area contributed by atoms with Crippen LogP contribution in [0.4, 0.5) is 0 Å². The number of esters is 2. The highest BCUT2D eigenvalue weighted by Gasteiger charge is 2.16. The molecule has 0 saturated heterocycles. The standard InChI is InChI=1S/C74H144O5/c1-3-5-7-9-11-13-15-17-19-21-23-25-27-29-31-32-33-34-35-36-37-38-39-40-41-43-44-46-48-50-52-54-56-58-60-62-64-66-68-73(76)78-71-72(70-75)79-74(77)69-67-65-63-61-59-57-55-53-51-49-47-45-42-30-28-26-24-22-20-18-16-14-12-10-8-6-4-2/h22,24,72,75H,3-21,23,25-71H2,1-2H3/b24-22-. The van der Waals surface area contributed by atoms with Gasteiger partial charge in [0.1, 0.15) is 6.61 Å². The van der Waals surface area contributed by atoms with Crippen LogP contribution in [-0.2, 0) is 19.1 Å². The van der Waals surface area contributed by atoms with Gasteiger partial charge >= 0.3 is 11.9 Å². The maximum Gasteiger partial charge on any atom is 0.306 e. The minimum atomic E-state index is -0.768. The number of aliphatic hydroxyl groups is 1. The summed E-state index contributed by atoms with van der Waals surface area (Å²) in [5, 5.41) is 9.70. The van der Waals surface area contributed by atoms with Crippen molar-refractivity contribution >= 4 is 11.9 Å². The lowest BCUT2D eigenvalue weighted by molar-refractivity contribution is -0.161. The first kappa shape index (κ1) is 77.6. The zero-order chi connectivity index (χ0) is 56.9. The van der Waals surface area contributed by atoms with Crippen molar-refractivity contribution in [3.63, 3.8) is 0 Å². The van der Waals surface area contributed by atoms with Crippen molar-refractivity contribution in [2.45, 2.75) is 437 Å². The van der Waals surface area contributed by atoms with Crippen molar-refractivity contribution in [3.05, 3.63) is 12.2 Å². The van der Waals surface area contributed by atoms with E-state index < -0.39 is 6.10 Å². The number of carbonyl (C=O) groups is 2. The normalized spacial score (nSPS) is 12.1. The van der Waals surface area contributed by atoms with Crippen molar-refractivity contribution < 1.29 is 24.2 Å². The Morgan fingerprint density at radius 2 is 0.468 bits per heavy atom. The molecule has 0 heterocycles. The lowest BCUT2D eigenvalue weighted by atomic mass is 10.0. The van der Waals surface area contributed by atoms with Crippen molar-refractivity contribution in [2.24, 2.45) is 0 Å². The zero-order valence-electron chi connectivity index (χ0n) is 54.2. The average molecular weight is 1110 g/mol. The molecule has 0 saturated carbocycles. The summed E-state index contributed by atoms with van der Waals surface area (Å²) < 4.78 is 10.8. The topological polar surface area (TPSA) is 72.8 Å². The van der Waals surface area contributed by atoms with Crippen LogP contribution in [0.3, 0.4) is 0 Å². The van der Waals surface area contributed by atoms with Crippen LogP contribution in [0.25, 0.3) is 0 Å². The monoisotopic (exact) mass is 1110 g/mol. The van der Waals surface area contributed by atoms with Crippen LogP contribution >= 0.6 is 0 Å². The Bertz CT molecular complexity index is 1170. The molecule has 0 aliphatic rings. The predicted octanol–water partition coefficient (Wildman–Crippen LogP) is 25.4. The molecule has 0 spiro atoms. The van der Waals surface area contributed by atoms with E-state index >= 15 is 0 Å². The van der Waals surface area contributed by atoms with E-state index in [1.54, 1.807) is 0 Å². The Labute approximate surface area is 496 Å². The van der Waals surface area contributed by atoms with Crippen LogP contribution in [0.1, 0.15) is 431 Å². The van der Waals surface area contributed by atoms with Gasteiger partial charge in [-0.2, -0.15) is 0 Å². The third-order valence-corrected chi connectivity index (χ3v) is 17.3. The Kier molecular flexibility index (Phi) is 69.7. The maximum absolute atomic E-state index is 12.4. The number of unbranched alkanes of at least 4 members (excludes halogenated alkanes) is 60. The van der Waals surface area contributed by atoms with Gasteiger partial charge in [-0.25, -0.2) is 0 Å². The number of hydrogen-bond acceptors (Lipinski definition) is 5. The first-order valence-corrected chi connectivity index (χ1v) is 36.7. The molecule has 0 aromatic rings. The summed E-state index contributed by atoms with van der Waals surface area (Å²) in [4.78, 5) is 24.7. The highest BCUT2D eigenvalue weighted by Crippen LogP contribution is 2.20. The molecule has 1 atom stereocenters. The Balaban J connectivity index is 3.34. The van der Waals surface area contributed by atoms with Crippen molar-refractivity contribution in [1.29, 1.82) is 0 Å². The quantitative estimate of drug-likeness (QED) is 0.0373. The molecule has 0 radical (unpaired) electrons. The van der Waals surface area contributed by atoms with Crippen molar-refractivity contribution in [2.75, 3.05) is 13.2 Å². The fourth-order valence-electron chi connectivity index (χ4n) is 11.8. The molecule has 0 aromatic heterocycles.